The molecule has 1 aromatic heterocycles. The number of aliphatic hydroxyl groups excluding tert-OH is 1. The van der Waals surface area contributed by atoms with Crippen LogP contribution in [0.25, 0.3) is 22.0 Å². The molecule has 3 aromatic rings. The van der Waals surface area contributed by atoms with Crippen LogP contribution < -0.4 is 16.8 Å². The summed E-state index contributed by atoms with van der Waals surface area (Å²) in [6, 6.07) is 13.0. The number of aromatic amines is 1. The maximum atomic E-state index is 13.2. The lowest BCUT2D eigenvalue weighted by Gasteiger charge is -2.18. The number of aliphatic hydroxyl groups is 1. The molecule has 2 atom stereocenters. The number of H-pyrrole nitrogens is 1. The molecule has 0 radical (unpaired) electrons. The van der Waals surface area contributed by atoms with Gasteiger partial charge in [0.15, 0.2) is 0 Å². The molecule has 1 unspecified atom stereocenters. The van der Waals surface area contributed by atoms with Gasteiger partial charge in [-0.3, -0.25) is 4.79 Å². The highest BCUT2D eigenvalue weighted by atomic mass is 19.1. The third-order valence-corrected chi connectivity index (χ3v) is 4.51. The molecule has 1 heterocycles. The maximum absolute atomic E-state index is 13.2. The average molecular weight is 370 g/mol. The van der Waals surface area contributed by atoms with E-state index in [0.29, 0.717) is 18.7 Å². The minimum atomic E-state index is -0.761. The molecule has 0 fully saturated rings. The van der Waals surface area contributed by atoms with Crippen molar-refractivity contribution in [2.45, 2.75) is 18.6 Å². The number of carbonyl (C=O) groups is 1. The number of benzene rings is 2. The molecule has 0 aliphatic heterocycles. The summed E-state index contributed by atoms with van der Waals surface area (Å²) >= 11 is 0. The fourth-order valence-electron chi connectivity index (χ4n) is 2.98. The van der Waals surface area contributed by atoms with Gasteiger partial charge in [-0.2, -0.15) is 0 Å². The Labute approximate surface area is 156 Å². The number of carbonyl (C=O) groups excluding carboxylic acids is 1. The van der Waals surface area contributed by atoms with Crippen molar-refractivity contribution in [2.75, 3.05) is 13.1 Å². The van der Waals surface area contributed by atoms with Gasteiger partial charge in [0.05, 0.1) is 11.6 Å². The minimum Gasteiger partial charge on any atom is -0.391 e. The fourth-order valence-corrected chi connectivity index (χ4v) is 2.98. The highest BCUT2D eigenvalue weighted by molar-refractivity contribution is 6.02. The van der Waals surface area contributed by atoms with Crippen molar-refractivity contribution in [1.29, 1.82) is 0 Å². The molecule has 1 amide bonds. The van der Waals surface area contributed by atoms with Crippen LogP contribution in [0.4, 0.5) is 4.39 Å². The summed E-state index contributed by atoms with van der Waals surface area (Å²) in [7, 11) is 0. The van der Waals surface area contributed by atoms with E-state index in [1.54, 1.807) is 18.2 Å². The van der Waals surface area contributed by atoms with E-state index < -0.39 is 12.1 Å². The highest BCUT2D eigenvalue weighted by Gasteiger charge is 2.17. The van der Waals surface area contributed by atoms with Gasteiger partial charge in [-0.1, -0.05) is 30.3 Å². The molecular weight excluding hydrogens is 347 g/mol. The van der Waals surface area contributed by atoms with Crippen molar-refractivity contribution >= 4 is 16.8 Å². The van der Waals surface area contributed by atoms with Crippen LogP contribution in [0.2, 0.25) is 0 Å². The molecule has 7 N–H and O–H groups in total. The van der Waals surface area contributed by atoms with E-state index in [2.05, 4.69) is 10.3 Å². The van der Waals surface area contributed by atoms with Crippen LogP contribution in [0.15, 0.2) is 48.5 Å². The zero-order chi connectivity index (χ0) is 19.4. The Hall–Kier alpha value is -2.74. The van der Waals surface area contributed by atoms with Crippen molar-refractivity contribution in [3.05, 3.63) is 60.0 Å². The molecule has 0 saturated heterocycles. The number of amides is 1. The van der Waals surface area contributed by atoms with Gasteiger partial charge in [0.2, 0.25) is 0 Å². The van der Waals surface area contributed by atoms with E-state index in [0.717, 1.165) is 22.0 Å². The molecule has 2 aromatic carbocycles. The SMILES string of the molecule is NCCC(O)[C@@H](N)CNC(=O)c1cc2cccc(-c3ccc(F)cc3)c2[nH]1. The monoisotopic (exact) mass is 370 g/mol. The fraction of sp³-hybridized carbons (Fsp3) is 0.250. The van der Waals surface area contributed by atoms with Gasteiger partial charge in [-0.25, -0.2) is 4.39 Å². The van der Waals surface area contributed by atoms with Crippen molar-refractivity contribution in [1.82, 2.24) is 10.3 Å². The van der Waals surface area contributed by atoms with E-state index in [4.69, 9.17) is 11.5 Å². The second-order valence-electron chi connectivity index (χ2n) is 6.48. The molecule has 7 heteroatoms. The molecule has 27 heavy (non-hydrogen) atoms. The molecule has 0 spiro atoms. The number of rotatable bonds is 7. The first-order chi connectivity index (χ1) is 13.0. The number of halogens is 1. The Morgan fingerprint density at radius 3 is 2.67 bits per heavy atom. The van der Waals surface area contributed by atoms with Gasteiger partial charge in [-0.05, 0) is 36.7 Å². The van der Waals surface area contributed by atoms with E-state index in [9.17, 15) is 14.3 Å². The first-order valence-electron chi connectivity index (χ1n) is 8.79. The van der Waals surface area contributed by atoms with Gasteiger partial charge < -0.3 is 26.9 Å². The Balaban J connectivity index is 1.79. The Morgan fingerprint density at radius 2 is 1.96 bits per heavy atom. The molecular formula is C20H23FN4O2. The largest absolute Gasteiger partial charge is 0.391 e. The molecule has 0 aliphatic rings. The Morgan fingerprint density at radius 1 is 1.22 bits per heavy atom. The average Bonchev–Trinajstić information content (AvgIpc) is 3.11. The van der Waals surface area contributed by atoms with Gasteiger partial charge in [0.25, 0.3) is 5.91 Å². The molecule has 0 bridgehead atoms. The zero-order valence-electron chi connectivity index (χ0n) is 14.8. The van der Waals surface area contributed by atoms with Gasteiger partial charge in [0.1, 0.15) is 11.5 Å². The molecule has 6 nitrogen and oxygen atoms in total. The van der Waals surface area contributed by atoms with Crippen LogP contribution in [-0.2, 0) is 0 Å². The number of para-hydroxylation sites is 1. The number of nitrogens with one attached hydrogen (secondary N) is 2. The molecule has 0 saturated carbocycles. The summed E-state index contributed by atoms with van der Waals surface area (Å²) in [5.41, 5.74) is 14.2. The number of hydrogen-bond donors (Lipinski definition) is 5. The van der Waals surface area contributed by atoms with Crippen LogP contribution in [0.5, 0.6) is 0 Å². The van der Waals surface area contributed by atoms with Crippen LogP contribution in [0.3, 0.4) is 0 Å². The van der Waals surface area contributed by atoms with Gasteiger partial charge in [0, 0.05) is 23.5 Å². The first-order valence-corrected chi connectivity index (χ1v) is 8.79. The lowest BCUT2D eigenvalue weighted by atomic mass is 10.0. The number of hydrogen-bond acceptors (Lipinski definition) is 4. The summed E-state index contributed by atoms with van der Waals surface area (Å²) < 4.78 is 13.2. The smallest absolute Gasteiger partial charge is 0.267 e. The summed E-state index contributed by atoms with van der Waals surface area (Å²) in [4.78, 5) is 15.6. The maximum Gasteiger partial charge on any atom is 0.267 e. The number of aromatic nitrogens is 1. The molecule has 0 aliphatic carbocycles. The summed E-state index contributed by atoms with van der Waals surface area (Å²) in [5.74, 6) is -0.614. The van der Waals surface area contributed by atoms with Crippen molar-refractivity contribution in [3.8, 4) is 11.1 Å². The number of fused-ring (bicyclic) bond motifs is 1. The second-order valence-corrected chi connectivity index (χ2v) is 6.48. The summed E-state index contributed by atoms with van der Waals surface area (Å²) in [5, 5.41) is 13.4. The minimum absolute atomic E-state index is 0.139. The van der Waals surface area contributed by atoms with Crippen LogP contribution in [-0.4, -0.2) is 41.2 Å². The third-order valence-electron chi connectivity index (χ3n) is 4.51. The predicted molar refractivity (Wildman–Crippen MR) is 104 cm³/mol. The van der Waals surface area contributed by atoms with Crippen LogP contribution in [0, 0.1) is 5.82 Å². The third kappa shape index (κ3) is 4.33. The van der Waals surface area contributed by atoms with Gasteiger partial charge >= 0.3 is 0 Å². The molecule has 142 valence electrons. The summed E-state index contributed by atoms with van der Waals surface area (Å²) in [6.07, 6.45) is -0.382. The van der Waals surface area contributed by atoms with Crippen LogP contribution >= 0.6 is 0 Å². The lowest BCUT2D eigenvalue weighted by Crippen LogP contribution is -2.45. The van der Waals surface area contributed by atoms with Crippen molar-refractivity contribution in [3.63, 3.8) is 0 Å². The topological polar surface area (TPSA) is 117 Å². The Kier molecular flexibility index (Phi) is 5.85. The first kappa shape index (κ1) is 19.0. The number of nitrogens with two attached hydrogens (primary N) is 2. The van der Waals surface area contributed by atoms with Crippen LogP contribution in [0.1, 0.15) is 16.9 Å². The van der Waals surface area contributed by atoms with E-state index >= 15 is 0 Å². The second kappa shape index (κ2) is 8.30. The van der Waals surface area contributed by atoms with E-state index in [1.807, 2.05) is 18.2 Å². The van der Waals surface area contributed by atoms with Gasteiger partial charge in [-0.15, -0.1) is 0 Å². The quantitative estimate of drug-likeness (QED) is 0.435. The lowest BCUT2D eigenvalue weighted by molar-refractivity contribution is 0.0924. The normalized spacial score (nSPS) is 13.5. The summed E-state index contributed by atoms with van der Waals surface area (Å²) in [6.45, 7) is 0.469. The zero-order valence-corrected chi connectivity index (χ0v) is 14.8. The predicted octanol–water partition coefficient (Wildman–Crippen LogP) is 1.74. The Bertz CT molecular complexity index is 923. The highest BCUT2D eigenvalue weighted by Crippen LogP contribution is 2.28. The molecule has 3 rings (SSSR count). The van der Waals surface area contributed by atoms with Crippen molar-refractivity contribution < 1.29 is 14.3 Å². The standard InChI is InChI=1S/C20H23FN4O2/c21-14-6-4-12(5-7-14)15-3-1-2-13-10-17(25-19(13)15)20(27)24-11-16(23)18(26)8-9-22/h1-7,10,16,18,25-26H,8-9,11,22-23H2,(H,24,27)/t16-,18?/m0/s1. The van der Waals surface area contributed by atoms with E-state index in [1.165, 1.54) is 12.1 Å². The van der Waals surface area contributed by atoms with Crippen molar-refractivity contribution in [2.24, 2.45) is 11.5 Å². The van der Waals surface area contributed by atoms with E-state index in [-0.39, 0.29) is 18.3 Å².